The van der Waals surface area contributed by atoms with Crippen LogP contribution in [0.2, 0.25) is 0 Å². The Hall–Kier alpha value is -1.09. The molecule has 1 N–H and O–H groups in total. The van der Waals surface area contributed by atoms with E-state index in [4.69, 9.17) is 11.6 Å². The van der Waals surface area contributed by atoms with Crippen molar-refractivity contribution >= 4 is 17.5 Å². The molecule has 0 fully saturated rings. The highest BCUT2D eigenvalue weighted by molar-refractivity contribution is 6.30. The van der Waals surface area contributed by atoms with Gasteiger partial charge in [-0.2, -0.15) is 0 Å². The Bertz CT molecular complexity index is 368. The van der Waals surface area contributed by atoms with Crippen molar-refractivity contribution in [2.24, 2.45) is 0 Å². The number of aryl methyl sites for hydroxylation is 1. The predicted octanol–water partition coefficient (Wildman–Crippen LogP) is 2.58. The lowest BCUT2D eigenvalue weighted by Crippen LogP contribution is -2.42. The third kappa shape index (κ3) is 3.81. The van der Waals surface area contributed by atoms with E-state index in [1.54, 1.807) is 6.20 Å². The molecule has 1 rings (SSSR count). The molecule has 0 aromatic carbocycles. The average molecular weight is 241 g/mol. The van der Waals surface area contributed by atoms with E-state index in [1.807, 2.05) is 39.8 Å². The summed E-state index contributed by atoms with van der Waals surface area (Å²) in [6.45, 7) is 7.65. The molecule has 0 radical (unpaired) electrons. The number of hydrogen-bond donors (Lipinski definition) is 1. The summed E-state index contributed by atoms with van der Waals surface area (Å²) in [5.74, 6) is -0.195. The number of carbonyl (C=O) groups is 1. The van der Waals surface area contributed by atoms with Gasteiger partial charge in [0.1, 0.15) is 5.38 Å². The van der Waals surface area contributed by atoms with Crippen molar-refractivity contribution in [2.45, 2.75) is 38.6 Å². The second-order valence-electron chi connectivity index (χ2n) is 4.83. The van der Waals surface area contributed by atoms with Crippen molar-refractivity contribution in [1.82, 2.24) is 10.3 Å². The fraction of sp³-hybridized carbons (Fsp3) is 0.500. The van der Waals surface area contributed by atoms with Gasteiger partial charge in [0.25, 0.3) is 0 Å². The largest absolute Gasteiger partial charge is 0.350 e. The van der Waals surface area contributed by atoms with Crippen molar-refractivity contribution in [3.8, 4) is 0 Å². The first-order valence-corrected chi connectivity index (χ1v) is 5.62. The maximum Gasteiger partial charge on any atom is 0.243 e. The minimum atomic E-state index is -0.688. The van der Waals surface area contributed by atoms with Gasteiger partial charge in [0.05, 0.1) is 0 Å². The highest BCUT2D eigenvalue weighted by Crippen LogP contribution is 2.20. The quantitative estimate of drug-likeness (QED) is 0.808. The number of nitrogens with one attached hydrogen (secondary N) is 1. The van der Waals surface area contributed by atoms with Crippen LogP contribution >= 0.6 is 11.6 Å². The summed E-state index contributed by atoms with van der Waals surface area (Å²) in [4.78, 5) is 15.9. The van der Waals surface area contributed by atoms with Crippen molar-refractivity contribution in [3.05, 3.63) is 29.6 Å². The number of pyridine rings is 1. The van der Waals surface area contributed by atoms with Crippen LogP contribution in [0, 0.1) is 6.92 Å². The van der Waals surface area contributed by atoms with E-state index in [0.29, 0.717) is 5.56 Å². The molecule has 1 unspecified atom stereocenters. The number of hydrogen-bond acceptors (Lipinski definition) is 2. The first-order valence-electron chi connectivity index (χ1n) is 5.18. The van der Waals surface area contributed by atoms with Gasteiger partial charge in [-0.25, -0.2) is 0 Å². The fourth-order valence-corrected chi connectivity index (χ4v) is 1.40. The number of amides is 1. The van der Waals surface area contributed by atoms with Crippen LogP contribution in [0.1, 0.15) is 37.4 Å². The third-order valence-electron chi connectivity index (χ3n) is 1.96. The normalized spacial score (nSPS) is 13.3. The Balaban J connectivity index is 2.74. The molecule has 1 aromatic rings. The number of carbonyl (C=O) groups excluding carboxylic acids is 1. The standard InChI is InChI=1S/C12H17ClN2O/c1-8-5-6-9(7-14-8)10(13)11(16)15-12(2,3)4/h5-7,10H,1-4H3,(H,15,16). The molecular formula is C12H17ClN2O. The number of nitrogens with zero attached hydrogens (tertiary/aromatic N) is 1. The van der Waals surface area contributed by atoms with Gasteiger partial charge < -0.3 is 5.32 Å². The van der Waals surface area contributed by atoms with Crippen LogP contribution in [0.4, 0.5) is 0 Å². The second-order valence-corrected chi connectivity index (χ2v) is 5.27. The zero-order chi connectivity index (χ0) is 12.3. The van der Waals surface area contributed by atoms with Gasteiger partial charge in [0.15, 0.2) is 0 Å². The number of halogens is 1. The van der Waals surface area contributed by atoms with Gasteiger partial charge in [0.2, 0.25) is 5.91 Å². The fourth-order valence-electron chi connectivity index (χ4n) is 1.21. The van der Waals surface area contributed by atoms with Gasteiger partial charge >= 0.3 is 0 Å². The molecule has 4 heteroatoms. The van der Waals surface area contributed by atoms with Gasteiger partial charge in [0, 0.05) is 17.4 Å². The molecular weight excluding hydrogens is 224 g/mol. The molecule has 1 atom stereocenters. The Morgan fingerprint density at radius 3 is 2.50 bits per heavy atom. The van der Waals surface area contributed by atoms with Crippen LogP contribution in [-0.2, 0) is 4.79 Å². The van der Waals surface area contributed by atoms with E-state index in [0.717, 1.165) is 5.69 Å². The van der Waals surface area contributed by atoms with Crippen molar-refractivity contribution in [1.29, 1.82) is 0 Å². The van der Waals surface area contributed by atoms with Crippen LogP contribution in [0.3, 0.4) is 0 Å². The first kappa shape index (κ1) is 13.0. The van der Waals surface area contributed by atoms with Gasteiger partial charge in [-0.05, 0) is 39.3 Å². The molecule has 16 heavy (non-hydrogen) atoms. The molecule has 0 aliphatic heterocycles. The molecule has 0 saturated heterocycles. The van der Waals surface area contributed by atoms with E-state index >= 15 is 0 Å². The molecule has 0 aliphatic carbocycles. The first-order chi connectivity index (χ1) is 7.29. The maximum absolute atomic E-state index is 11.8. The molecule has 0 aliphatic rings. The van der Waals surface area contributed by atoms with E-state index in [2.05, 4.69) is 10.3 Å². The molecule has 0 saturated carbocycles. The van der Waals surface area contributed by atoms with Crippen LogP contribution in [-0.4, -0.2) is 16.4 Å². The van der Waals surface area contributed by atoms with Crippen LogP contribution in [0.25, 0.3) is 0 Å². The zero-order valence-electron chi connectivity index (χ0n) is 10.0. The Morgan fingerprint density at radius 2 is 2.06 bits per heavy atom. The smallest absolute Gasteiger partial charge is 0.243 e. The monoisotopic (exact) mass is 240 g/mol. The molecule has 0 spiro atoms. The Kier molecular flexibility index (Phi) is 3.92. The van der Waals surface area contributed by atoms with Crippen LogP contribution in [0.15, 0.2) is 18.3 Å². The summed E-state index contributed by atoms with van der Waals surface area (Å²) in [5.41, 5.74) is 1.35. The summed E-state index contributed by atoms with van der Waals surface area (Å²) >= 11 is 6.06. The Labute approximate surface area is 101 Å². The Morgan fingerprint density at radius 1 is 1.44 bits per heavy atom. The average Bonchev–Trinajstić information content (AvgIpc) is 2.15. The molecule has 1 heterocycles. The predicted molar refractivity (Wildman–Crippen MR) is 65.5 cm³/mol. The van der Waals surface area contributed by atoms with E-state index in [-0.39, 0.29) is 11.4 Å². The molecule has 1 amide bonds. The van der Waals surface area contributed by atoms with E-state index < -0.39 is 5.38 Å². The maximum atomic E-state index is 11.8. The minimum Gasteiger partial charge on any atom is -0.350 e. The number of aromatic nitrogens is 1. The van der Waals surface area contributed by atoms with Crippen LogP contribution < -0.4 is 5.32 Å². The molecule has 0 bridgehead atoms. The van der Waals surface area contributed by atoms with E-state index in [9.17, 15) is 4.79 Å². The van der Waals surface area contributed by atoms with Gasteiger partial charge in [-0.15, -0.1) is 11.6 Å². The molecule has 1 aromatic heterocycles. The van der Waals surface area contributed by atoms with Crippen molar-refractivity contribution in [3.63, 3.8) is 0 Å². The summed E-state index contributed by atoms with van der Waals surface area (Å²) in [7, 11) is 0. The number of rotatable bonds is 2. The topological polar surface area (TPSA) is 42.0 Å². The lowest BCUT2D eigenvalue weighted by molar-refractivity contribution is -0.122. The van der Waals surface area contributed by atoms with Crippen molar-refractivity contribution < 1.29 is 4.79 Å². The summed E-state index contributed by atoms with van der Waals surface area (Å²) in [6, 6.07) is 3.66. The summed E-state index contributed by atoms with van der Waals surface area (Å²) < 4.78 is 0. The van der Waals surface area contributed by atoms with Gasteiger partial charge in [-0.3, -0.25) is 9.78 Å². The van der Waals surface area contributed by atoms with Gasteiger partial charge in [-0.1, -0.05) is 6.07 Å². The summed E-state index contributed by atoms with van der Waals surface area (Å²) in [5, 5.41) is 2.15. The highest BCUT2D eigenvalue weighted by Gasteiger charge is 2.22. The summed E-state index contributed by atoms with van der Waals surface area (Å²) in [6.07, 6.45) is 1.63. The zero-order valence-corrected chi connectivity index (χ0v) is 10.8. The number of alkyl halides is 1. The van der Waals surface area contributed by atoms with Crippen LogP contribution in [0.5, 0.6) is 0 Å². The second kappa shape index (κ2) is 4.83. The third-order valence-corrected chi connectivity index (χ3v) is 2.41. The lowest BCUT2D eigenvalue weighted by atomic mass is 10.1. The lowest BCUT2D eigenvalue weighted by Gasteiger charge is -2.22. The van der Waals surface area contributed by atoms with E-state index in [1.165, 1.54) is 0 Å². The van der Waals surface area contributed by atoms with Crippen molar-refractivity contribution in [2.75, 3.05) is 0 Å². The SMILES string of the molecule is Cc1ccc(C(Cl)C(=O)NC(C)(C)C)cn1. The highest BCUT2D eigenvalue weighted by atomic mass is 35.5. The minimum absolute atomic E-state index is 0.195. The molecule has 3 nitrogen and oxygen atoms in total. The molecule has 88 valence electrons.